The first-order chi connectivity index (χ1) is 10.6. The second kappa shape index (κ2) is 7.51. The fraction of sp³-hybridized carbons (Fsp3) is 0.125. The number of carbonyl (C=O) groups excluding carboxylic acids is 2. The average Bonchev–Trinajstić information content (AvgIpc) is 2.49. The molecule has 0 fully saturated rings. The second-order valence-corrected chi connectivity index (χ2v) is 5.79. The minimum Gasteiger partial charge on any atom is -0.399 e. The molecule has 0 saturated heterocycles. The fourth-order valence-corrected chi connectivity index (χ4v) is 2.70. The van der Waals surface area contributed by atoms with Crippen LogP contribution in [-0.4, -0.2) is 17.6 Å². The summed E-state index contributed by atoms with van der Waals surface area (Å²) < 4.78 is 0. The molecule has 0 heterocycles. The predicted octanol–water partition coefficient (Wildman–Crippen LogP) is 2.49. The molecule has 0 bridgehead atoms. The van der Waals surface area contributed by atoms with Gasteiger partial charge in [-0.1, -0.05) is 12.1 Å². The number of nitrogens with one attached hydrogen (secondary N) is 1. The highest BCUT2D eigenvalue weighted by Gasteiger charge is 2.10. The summed E-state index contributed by atoms with van der Waals surface area (Å²) in [5.41, 5.74) is 12.4. The number of hydrogen-bond donors (Lipinski definition) is 3. The molecule has 0 spiro atoms. The molecule has 0 radical (unpaired) electrons. The maximum atomic E-state index is 11.9. The van der Waals surface area contributed by atoms with Crippen molar-refractivity contribution in [3.8, 4) is 0 Å². The van der Waals surface area contributed by atoms with Gasteiger partial charge >= 0.3 is 0 Å². The molecule has 2 rings (SSSR count). The standard InChI is InChI=1S/C16H17N3O2S/c17-11-5-7-12(8-6-11)22-10-9-15(20)19-14-4-2-1-3-13(14)16(18)21/h1-8H,9-10,17H2,(H2,18,21)(H,19,20). The van der Waals surface area contributed by atoms with Gasteiger partial charge in [0.05, 0.1) is 11.3 Å². The van der Waals surface area contributed by atoms with Crippen molar-refractivity contribution in [1.29, 1.82) is 0 Å². The molecule has 5 nitrogen and oxygen atoms in total. The van der Waals surface area contributed by atoms with Crippen LogP contribution in [0.5, 0.6) is 0 Å². The van der Waals surface area contributed by atoms with E-state index in [0.717, 1.165) is 4.90 Å². The number of rotatable bonds is 6. The Kier molecular flexibility index (Phi) is 5.43. The van der Waals surface area contributed by atoms with E-state index in [0.29, 0.717) is 29.1 Å². The fourth-order valence-electron chi connectivity index (χ4n) is 1.85. The molecule has 2 aromatic carbocycles. The van der Waals surface area contributed by atoms with Crippen LogP contribution in [0.3, 0.4) is 0 Å². The highest BCUT2D eigenvalue weighted by Crippen LogP contribution is 2.20. The number of amides is 2. The Hall–Kier alpha value is -2.47. The zero-order valence-electron chi connectivity index (χ0n) is 11.9. The molecule has 0 unspecified atom stereocenters. The number of hydrogen-bond acceptors (Lipinski definition) is 4. The minimum absolute atomic E-state index is 0.156. The van der Waals surface area contributed by atoms with E-state index in [-0.39, 0.29) is 5.91 Å². The van der Waals surface area contributed by atoms with Gasteiger partial charge in [0, 0.05) is 22.8 Å². The van der Waals surface area contributed by atoms with Crippen LogP contribution in [0, 0.1) is 0 Å². The van der Waals surface area contributed by atoms with E-state index in [9.17, 15) is 9.59 Å². The second-order valence-electron chi connectivity index (χ2n) is 4.63. The van der Waals surface area contributed by atoms with E-state index in [1.807, 2.05) is 24.3 Å². The molecular weight excluding hydrogens is 298 g/mol. The van der Waals surface area contributed by atoms with Gasteiger partial charge in [0.15, 0.2) is 0 Å². The van der Waals surface area contributed by atoms with Crippen LogP contribution < -0.4 is 16.8 Å². The van der Waals surface area contributed by atoms with E-state index in [1.54, 1.807) is 36.0 Å². The molecule has 6 heteroatoms. The first kappa shape index (κ1) is 15.9. The van der Waals surface area contributed by atoms with Crippen molar-refractivity contribution in [1.82, 2.24) is 0 Å². The maximum absolute atomic E-state index is 11.9. The lowest BCUT2D eigenvalue weighted by atomic mass is 10.1. The third-order valence-electron chi connectivity index (χ3n) is 2.94. The normalized spacial score (nSPS) is 10.2. The summed E-state index contributed by atoms with van der Waals surface area (Å²) in [6.07, 6.45) is 0.335. The molecule has 0 aliphatic heterocycles. The maximum Gasteiger partial charge on any atom is 0.250 e. The number of para-hydroxylation sites is 1. The Balaban J connectivity index is 1.86. The van der Waals surface area contributed by atoms with E-state index in [4.69, 9.17) is 11.5 Å². The van der Waals surface area contributed by atoms with Gasteiger partial charge in [-0.25, -0.2) is 0 Å². The monoisotopic (exact) mass is 315 g/mol. The smallest absolute Gasteiger partial charge is 0.250 e. The molecular formula is C16H17N3O2S. The van der Waals surface area contributed by atoms with Crippen LogP contribution in [0.2, 0.25) is 0 Å². The van der Waals surface area contributed by atoms with Gasteiger partial charge < -0.3 is 16.8 Å². The Morgan fingerprint density at radius 3 is 2.41 bits per heavy atom. The summed E-state index contributed by atoms with van der Waals surface area (Å²) >= 11 is 1.57. The van der Waals surface area contributed by atoms with Gasteiger partial charge in [0.25, 0.3) is 5.91 Å². The molecule has 0 saturated carbocycles. The van der Waals surface area contributed by atoms with Crippen LogP contribution in [0.1, 0.15) is 16.8 Å². The van der Waals surface area contributed by atoms with E-state index < -0.39 is 5.91 Å². The number of primary amides is 1. The molecule has 5 N–H and O–H groups in total. The number of carbonyl (C=O) groups is 2. The largest absolute Gasteiger partial charge is 0.399 e. The SMILES string of the molecule is NC(=O)c1ccccc1NC(=O)CCSc1ccc(N)cc1. The summed E-state index contributed by atoms with van der Waals surface area (Å²) in [4.78, 5) is 24.3. The van der Waals surface area contributed by atoms with Gasteiger partial charge in [-0.3, -0.25) is 9.59 Å². The van der Waals surface area contributed by atoms with Crippen LogP contribution in [0.25, 0.3) is 0 Å². The molecule has 0 aromatic heterocycles. The first-order valence-corrected chi connectivity index (χ1v) is 7.72. The highest BCUT2D eigenvalue weighted by atomic mass is 32.2. The van der Waals surface area contributed by atoms with Crippen molar-refractivity contribution in [2.24, 2.45) is 5.73 Å². The number of nitrogens with two attached hydrogens (primary N) is 2. The summed E-state index contributed by atoms with van der Waals surface area (Å²) in [7, 11) is 0. The third-order valence-corrected chi connectivity index (χ3v) is 3.96. The molecule has 2 amide bonds. The summed E-state index contributed by atoms with van der Waals surface area (Å²) in [5, 5.41) is 2.71. The Bertz CT molecular complexity index is 671. The van der Waals surface area contributed by atoms with E-state index >= 15 is 0 Å². The third kappa shape index (κ3) is 4.53. The molecule has 0 atom stereocenters. The van der Waals surface area contributed by atoms with Gasteiger partial charge in [-0.05, 0) is 36.4 Å². The Labute approximate surface area is 133 Å². The van der Waals surface area contributed by atoms with Crippen LogP contribution in [0.15, 0.2) is 53.4 Å². The predicted molar refractivity (Wildman–Crippen MR) is 89.8 cm³/mol. The topological polar surface area (TPSA) is 98.2 Å². The van der Waals surface area contributed by atoms with Crippen molar-refractivity contribution in [3.05, 3.63) is 54.1 Å². The quantitative estimate of drug-likeness (QED) is 0.563. The van der Waals surface area contributed by atoms with Crippen LogP contribution in [0.4, 0.5) is 11.4 Å². The minimum atomic E-state index is -0.563. The lowest BCUT2D eigenvalue weighted by molar-refractivity contribution is -0.115. The Morgan fingerprint density at radius 2 is 1.73 bits per heavy atom. The van der Waals surface area contributed by atoms with Gasteiger partial charge in [-0.15, -0.1) is 11.8 Å². The van der Waals surface area contributed by atoms with Gasteiger partial charge in [-0.2, -0.15) is 0 Å². The molecule has 22 heavy (non-hydrogen) atoms. The zero-order chi connectivity index (χ0) is 15.9. The highest BCUT2D eigenvalue weighted by molar-refractivity contribution is 7.99. The molecule has 0 aliphatic carbocycles. The number of nitrogen functional groups attached to an aromatic ring is 1. The van der Waals surface area contributed by atoms with Crippen molar-refractivity contribution in [2.45, 2.75) is 11.3 Å². The van der Waals surface area contributed by atoms with E-state index in [2.05, 4.69) is 5.32 Å². The van der Waals surface area contributed by atoms with Crippen molar-refractivity contribution < 1.29 is 9.59 Å². The number of anilines is 2. The van der Waals surface area contributed by atoms with Gasteiger partial charge in [0.2, 0.25) is 5.91 Å². The molecule has 114 valence electrons. The Morgan fingerprint density at radius 1 is 1.05 bits per heavy atom. The van der Waals surface area contributed by atoms with E-state index in [1.165, 1.54) is 0 Å². The molecule has 2 aromatic rings. The number of benzene rings is 2. The summed E-state index contributed by atoms with van der Waals surface area (Å²) in [6.45, 7) is 0. The van der Waals surface area contributed by atoms with Crippen LogP contribution >= 0.6 is 11.8 Å². The average molecular weight is 315 g/mol. The van der Waals surface area contributed by atoms with Crippen LogP contribution in [-0.2, 0) is 4.79 Å². The lowest BCUT2D eigenvalue weighted by Crippen LogP contribution is -2.18. The van der Waals surface area contributed by atoms with Gasteiger partial charge in [0.1, 0.15) is 0 Å². The van der Waals surface area contributed by atoms with Crippen molar-refractivity contribution in [2.75, 3.05) is 16.8 Å². The number of thioether (sulfide) groups is 1. The summed E-state index contributed by atoms with van der Waals surface area (Å²) in [5.74, 6) is -0.0853. The lowest BCUT2D eigenvalue weighted by Gasteiger charge is -2.08. The van der Waals surface area contributed by atoms with Crippen molar-refractivity contribution in [3.63, 3.8) is 0 Å². The first-order valence-electron chi connectivity index (χ1n) is 6.73. The van der Waals surface area contributed by atoms with Crippen molar-refractivity contribution >= 4 is 35.0 Å². The summed E-state index contributed by atoms with van der Waals surface area (Å²) in [6, 6.07) is 14.2. The zero-order valence-corrected chi connectivity index (χ0v) is 12.7. The molecule has 0 aliphatic rings.